The maximum absolute atomic E-state index is 13.4. The number of hydrogen-bond acceptors (Lipinski definition) is 7. The molecule has 200 valence electrons. The molecule has 0 radical (unpaired) electrons. The average molecular weight is 524 g/mol. The van der Waals surface area contributed by atoms with Crippen LogP contribution in [0.3, 0.4) is 0 Å². The molecule has 1 saturated carbocycles. The number of nitrogens with zero attached hydrogens (tertiary/aromatic N) is 2. The lowest BCUT2D eigenvalue weighted by atomic mass is 9.79. The van der Waals surface area contributed by atoms with Gasteiger partial charge in [-0.25, -0.2) is 23.0 Å². The number of sulfonamides is 1. The molecule has 4 rings (SSSR count). The Bertz CT molecular complexity index is 1050. The van der Waals surface area contributed by atoms with Crippen molar-refractivity contribution >= 4 is 22.0 Å². The van der Waals surface area contributed by atoms with Crippen molar-refractivity contribution in [3.8, 4) is 0 Å². The number of aryl methyl sites for hydroxylation is 1. The highest BCUT2D eigenvalue weighted by Crippen LogP contribution is 2.37. The average Bonchev–Trinajstić information content (AvgIpc) is 3.28. The van der Waals surface area contributed by atoms with Gasteiger partial charge < -0.3 is 14.7 Å². The molecule has 1 aromatic carbocycles. The minimum Gasteiger partial charge on any atom is -0.443 e. The normalized spacial score (nSPS) is 25.5. The third kappa shape index (κ3) is 5.69. The molecule has 0 spiro atoms. The van der Waals surface area contributed by atoms with Gasteiger partial charge in [0.05, 0.1) is 17.3 Å². The first-order valence-corrected chi connectivity index (χ1v) is 14.4. The second-order valence-corrected chi connectivity index (χ2v) is 12.4. The van der Waals surface area contributed by atoms with Gasteiger partial charge in [-0.15, -0.1) is 0 Å². The van der Waals surface area contributed by atoms with Gasteiger partial charge in [0, 0.05) is 26.2 Å². The van der Waals surface area contributed by atoms with Crippen molar-refractivity contribution < 1.29 is 33.1 Å². The molecule has 2 atom stereocenters. The number of aliphatic hydroxyl groups excluding tert-OH is 1. The van der Waals surface area contributed by atoms with Gasteiger partial charge in [-0.1, -0.05) is 24.3 Å². The molecule has 2 aliphatic heterocycles. The van der Waals surface area contributed by atoms with Gasteiger partial charge in [-0.2, -0.15) is 0 Å². The Morgan fingerprint density at radius 1 is 1.08 bits per heavy atom. The Labute approximate surface area is 212 Å². The predicted octanol–water partition coefficient (Wildman–Crippen LogP) is 2.14. The highest BCUT2D eigenvalue weighted by Gasteiger charge is 2.47. The molecule has 3 N–H and O–H groups in total. The first-order chi connectivity index (χ1) is 17.1. The van der Waals surface area contributed by atoms with E-state index in [0.717, 1.165) is 6.42 Å². The number of carbonyl (C=O) groups is 2. The third-order valence-electron chi connectivity index (χ3n) is 8.17. The molecule has 2 heterocycles. The van der Waals surface area contributed by atoms with Crippen LogP contribution in [0.4, 0.5) is 4.79 Å². The van der Waals surface area contributed by atoms with Crippen LogP contribution in [0.15, 0.2) is 24.3 Å². The zero-order chi connectivity index (χ0) is 25.9. The summed E-state index contributed by atoms with van der Waals surface area (Å²) < 4.78 is 33.7. The van der Waals surface area contributed by atoms with Crippen molar-refractivity contribution in [1.82, 2.24) is 14.7 Å². The van der Waals surface area contributed by atoms with Crippen LogP contribution in [0.2, 0.25) is 0 Å². The van der Waals surface area contributed by atoms with E-state index < -0.39 is 45.4 Å². The van der Waals surface area contributed by atoms with Crippen molar-refractivity contribution in [2.45, 2.75) is 70.0 Å². The van der Waals surface area contributed by atoms with E-state index in [1.165, 1.54) is 20.3 Å². The molecule has 2 saturated heterocycles. The quantitative estimate of drug-likeness (QED) is 0.384. The highest BCUT2D eigenvalue weighted by atomic mass is 32.2. The van der Waals surface area contributed by atoms with E-state index in [4.69, 9.17) is 4.74 Å². The molecule has 0 unspecified atom stereocenters. The maximum Gasteiger partial charge on any atom is 0.410 e. The summed E-state index contributed by atoms with van der Waals surface area (Å²) in [6.07, 6.45) is 1.80. The molecule has 11 heteroatoms. The number of hydrogen-bond donors (Lipinski definition) is 3. The fourth-order valence-corrected chi connectivity index (χ4v) is 7.92. The van der Waals surface area contributed by atoms with E-state index in [1.54, 1.807) is 5.48 Å². The molecule has 36 heavy (non-hydrogen) atoms. The molecular weight excluding hydrogens is 486 g/mol. The highest BCUT2D eigenvalue weighted by molar-refractivity contribution is 7.89. The fraction of sp³-hybridized carbons (Fsp3) is 0.680. The molecule has 1 aromatic rings. The van der Waals surface area contributed by atoms with Crippen LogP contribution in [0.5, 0.6) is 0 Å². The monoisotopic (exact) mass is 523 g/mol. The Morgan fingerprint density at radius 3 is 2.33 bits per heavy atom. The molecule has 10 nitrogen and oxygen atoms in total. The lowest BCUT2D eigenvalue weighted by Crippen LogP contribution is -2.55. The zero-order valence-electron chi connectivity index (χ0n) is 20.8. The van der Waals surface area contributed by atoms with Gasteiger partial charge in [0.1, 0.15) is 6.10 Å². The Balaban J connectivity index is 1.38. The lowest BCUT2D eigenvalue weighted by molar-refractivity contribution is -0.141. The van der Waals surface area contributed by atoms with Crippen molar-refractivity contribution in [2.75, 3.05) is 31.9 Å². The topological polar surface area (TPSA) is 136 Å². The summed E-state index contributed by atoms with van der Waals surface area (Å²) in [5.41, 5.74) is 2.76. The number of piperidine rings is 2. The van der Waals surface area contributed by atoms with Gasteiger partial charge in [0.25, 0.3) is 5.91 Å². The zero-order valence-corrected chi connectivity index (χ0v) is 21.6. The van der Waals surface area contributed by atoms with Crippen LogP contribution in [0.1, 0.15) is 62.0 Å². The van der Waals surface area contributed by atoms with Gasteiger partial charge in [-0.3, -0.25) is 10.0 Å². The van der Waals surface area contributed by atoms with Crippen molar-refractivity contribution in [3.63, 3.8) is 0 Å². The predicted molar refractivity (Wildman–Crippen MR) is 132 cm³/mol. The first-order valence-electron chi connectivity index (χ1n) is 12.8. The van der Waals surface area contributed by atoms with Gasteiger partial charge in [0.15, 0.2) is 0 Å². The SMILES string of the molecule is Cc1ccccc1C1CCN(S(=O)(=O)CC2(C(=O)NO)CCN(C(=O)O[C@H]3CCC[C@@H]3O)CC2)CC1. The summed E-state index contributed by atoms with van der Waals surface area (Å²) in [5.74, 6) is -0.883. The van der Waals surface area contributed by atoms with E-state index in [9.17, 15) is 28.3 Å². The van der Waals surface area contributed by atoms with Gasteiger partial charge >= 0.3 is 6.09 Å². The number of nitrogens with one attached hydrogen (secondary N) is 1. The Morgan fingerprint density at radius 2 is 1.75 bits per heavy atom. The summed E-state index contributed by atoms with van der Waals surface area (Å²) in [4.78, 5) is 26.7. The summed E-state index contributed by atoms with van der Waals surface area (Å²) >= 11 is 0. The molecule has 1 aliphatic carbocycles. The largest absolute Gasteiger partial charge is 0.443 e. The van der Waals surface area contributed by atoms with Crippen molar-refractivity contribution in [3.05, 3.63) is 35.4 Å². The van der Waals surface area contributed by atoms with Crippen LogP contribution in [0, 0.1) is 12.3 Å². The van der Waals surface area contributed by atoms with E-state index in [0.29, 0.717) is 44.7 Å². The minimum atomic E-state index is -3.78. The van der Waals surface area contributed by atoms with Gasteiger partial charge in [0.2, 0.25) is 10.0 Å². The standard InChI is InChI=1S/C25H37N3O7S/c1-18-5-2-3-6-20(18)19-9-13-28(14-10-19)36(33,34)17-25(23(30)26-32)11-15-27(16-12-25)24(31)35-22-8-4-7-21(22)29/h2-3,5-6,19,21-22,29,32H,4,7-17H2,1H3,(H,26,30)/t21-,22-/m0/s1. The van der Waals surface area contributed by atoms with Crippen molar-refractivity contribution in [2.24, 2.45) is 5.41 Å². The molecule has 0 aromatic heterocycles. The van der Waals surface area contributed by atoms with Crippen LogP contribution in [-0.4, -0.2) is 84.1 Å². The van der Waals surface area contributed by atoms with E-state index in [1.807, 2.05) is 12.1 Å². The lowest BCUT2D eigenvalue weighted by Gasteiger charge is -2.41. The van der Waals surface area contributed by atoms with Crippen LogP contribution in [-0.2, 0) is 19.6 Å². The van der Waals surface area contributed by atoms with Gasteiger partial charge in [-0.05, 0) is 68.9 Å². The molecular formula is C25H37N3O7S. The molecule has 0 bridgehead atoms. The number of ether oxygens (including phenoxy) is 1. The number of likely N-dealkylation sites (tertiary alicyclic amines) is 1. The second-order valence-electron chi connectivity index (χ2n) is 10.4. The van der Waals surface area contributed by atoms with Crippen molar-refractivity contribution in [1.29, 1.82) is 0 Å². The molecule has 2 amide bonds. The van der Waals surface area contributed by atoms with E-state index in [2.05, 4.69) is 19.1 Å². The van der Waals surface area contributed by atoms with E-state index >= 15 is 0 Å². The maximum atomic E-state index is 13.4. The third-order valence-corrected chi connectivity index (χ3v) is 10.2. The van der Waals surface area contributed by atoms with Crippen LogP contribution < -0.4 is 5.48 Å². The number of carbonyl (C=O) groups excluding carboxylic acids is 2. The molecule has 3 aliphatic rings. The fourth-order valence-electron chi connectivity index (χ4n) is 5.85. The number of hydroxylamine groups is 1. The summed E-state index contributed by atoms with van der Waals surface area (Å²) in [6, 6.07) is 8.15. The van der Waals surface area contributed by atoms with E-state index in [-0.39, 0.29) is 25.9 Å². The Kier molecular flexibility index (Phi) is 8.23. The molecule has 3 fully saturated rings. The number of aliphatic hydroxyl groups is 1. The second kappa shape index (κ2) is 11.0. The number of rotatable bonds is 6. The summed E-state index contributed by atoms with van der Waals surface area (Å²) in [6.45, 7) is 3.06. The minimum absolute atomic E-state index is 0.0839. The summed E-state index contributed by atoms with van der Waals surface area (Å²) in [7, 11) is -3.78. The summed E-state index contributed by atoms with van der Waals surface area (Å²) in [5, 5.41) is 19.3. The smallest absolute Gasteiger partial charge is 0.410 e. The number of amides is 2. The van der Waals surface area contributed by atoms with Crippen LogP contribution in [0.25, 0.3) is 0 Å². The first kappa shape index (κ1) is 26.8. The van der Waals surface area contributed by atoms with Crippen LogP contribution >= 0.6 is 0 Å². The number of benzene rings is 1. The Hall–Kier alpha value is -2.21.